The zero-order valence-electron chi connectivity index (χ0n) is 17.3. The smallest absolute Gasteiger partial charge is 0.264 e. The first-order valence-electron chi connectivity index (χ1n) is 9.21. The molecule has 0 heterocycles. The van der Waals surface area contributed by atoms with E-state index in [0.29, 0.717) is 12.1 Å². The lowest BCUT2D eigenvalue weighted by atomic mass is 10.1. The fourth-order valence-electron chi connectivity index (χ4n) is 3.08. The lowest BCUT2D eigenvalue weighted by Gasteiger charge is -2.18. The molecule has 3 aromatic rings. The Balaban J connectivity index is 1.75. The number of hydrogen-bond acceptors (Lipinski definition) is 5. The van der Waals surface area contributed by atoms with E-state index in [1.54, 1.807) is 19.1 Å². The first-order chi connectivity index (χ1) is 14.3. The largest absolute Gasteiger partial charge is 0.497 e. The molecular formula is C22H24N2O5S. The van der Waals surface area contributed by atoms with Gasteiger partial charge in [-0.25, -0.2) is 8.42 Å². The van der Waals surface area contributed by atoms with Gasteiger partial charge in [-0.15, -0.1) is 0 Å². The summed E-state index contributed by atoms with van der Waals surface area (Å²) in [5.74, 6) is 0.596. The van der Waals surface area contributed by atoms with Gasteiger partial charge < -0.3 is 9.64 Å². The molecule has 0 aromatic heterocycles. The second-order valence-electron chi connectivity index (χ2n) is 6.83. The van der Waals surface area contributed by atoms with Crippen LogP contribution in [0.1, 0.15) is 15.9 Å². The molecule has 0 unspecified atom stereocenters. The van der Waals surface area contributed by atoms with Crippen LogP contribution < -0.4 is 4.74 Å². The lowest BCUT2D eigenvalue weighted by Crippen LogP contribution is -2.27. The Morgan fingerprint density at radius 1 is 0.900 bits per heavy atom. The molecule has 1 amide bonds. The minimum Gasteiger partial charge on any atom is -0.497 e. The fourth-order valence-corrected chi connectivity index (χ4v) is 4.05. The van der Waals surface area contributed by atoms with Crippen molar-refractivity contribution in [3.05, 3.63) is 71.8 Å². The third-order valence-corrected chi connectivity index (χ3v) is 6.57. The number of hydrogen-bond donors (Lipinski definition) is 0. The molecule has 0 fully saturated rings. The quantitative estimate of drug-likeness (QED) is 0.540. The fraction of sp³-hybridized carbons (Fsp3) is 0.227. The van der Waals surface area contributed by atoms with E-state index >= 15 is 0 Å². The molecule has 7 nitrogen and oxygen atoms in total. The maximum absolute atomic E-state index is 12.8. The van der Waals surface area contributed by atoms with Gasteiger partial charge in [0.05, 0.1) is 19.1 Å². The van der Waals surface area contributed by atoms with Gasteiger partial charge >= 0.3 is 0 Å². The number of carbonyl (C=O) groups is 1. The number of sulfonamides is 1. The zero-order valence-corrected chi connectivity index (χ0v) is 18.1. The molecule has 8 heteroatoms. The summed E-state index contributed by atoms with van der Waals surface area (Å²) in [4.78, 5) is 19.2. The SMILES string of the molecule is COc1ccc2cc(CN(C)C(=O)c3ccc(S(=O)(=O)N(C)OC)cc3)ccc2c1. The van der Waals surface area contributed by atoms with E-state index < -0.39 is 10.0 Å². The van der Waals surface area contributed by atoms with Crippen molar-refractivity contribution in [3.8, 4) is 5.75 Å². The van der Waals surface area contributed by atoms with Gasteiger partial charge in [-0.1, -0.05) is 22.7 Å². The highest BCUT2D eigenvalue weighted by Crippen LogP contribution is 2.23. The number of hydroxylamine groups is 1. The van der Waals surface area contributed by atoms with E-state index in [9.17, 15) is 13.2 Å². The Morgan fingerprint density at radius 3 is 2.17 bits per heavy atom. The number of fused-ring (bicyclic) bond motifs is 1. The number of benzene rings is 3. The standard InChI is InChI=1S/C22H24N2O5S/c1-23(15-16-5-6-19-14-20(28-3)10-7-18(19)13-16)22(25)17-8-11-21(12-9-17)30(26,27)24(2)29-4/h5-14H,15H2,1-4H3. The maximum Gasteiger partial charge on any atom is 0.264 e. The maximum atomic E-state index is 12.8. The third-order valence-electron chi connectivity index (χ3n) is 4.87. The molecule has 0 atom stereocenters. The molecule has 3 rings (SSSR count). The zero-order chi connectivity index (χ0) is 21.9. The normalized spacial score (nSPS) is 11.6. The molecule has 0 radical (unpaired) electrons. The van der Waals surface area contributed by atoms with Crippen molar-refractivity contribution in [2.75, 3.05) is 28.3 Å². The number of ether oxygens (including phenoxy) is 1. The van der Waals surface area contributed by atoms with E-state index in [2.05, 4.69) is 0 Å². The molecular weight excluding hydrogens is 404 g/mol. The van der Waals surface area contributed by atoms with Gasteiger partial charge in [0.1, 0.15) is 5.75 Å². The van der Waals surface area contributed by atoms with E-state index in [0.717, 1.165) is 26.6 Å². The van der Waals surface area contributed by atoms with Crippen LogP contribution in [0.2, 0.25) is 0 Å². The molecule has 0 saturated heterocycles. The van der Waals surface area contributed by atoms with Gasteiger partial charge in [-0.2, -0.15) is 0 Å². The van der Waals surface area contributed by atoms with Crippen LogP contribution in [-0.4, -0.2) is 52.0 Å². The van der Waals surface area contributed by atoms with Crippen LogP contribution in [0.4, 0.5) is 0 Å². The summed E-state index contributed by atoms with van der Waals surface area (Å²) in [5, 5.41) is 2.12. The Morgan fingerprint density at radius 2 is 1.53 bits per heavy atom. The van der Waals surface area contributed by atoms with Gasteiger partial charge in [-0.05, 0) is 58.8 Å². The Kier molecular flexibility index (Phi) is 6.40. The van der Waals surface area contributed by atoms with E-state index in [1.165, 1.54) is 38.4 Å². The van der Waals surface area contributed by atoms with Crippen molar-refractivity contribution >= 4 is 26.7 Å². The van der Waals surface area contributed by atoms with Crippen molar-refractivity contribution < 1.29 is 22.8 Å². The number of rotatable bonds is 7. The molecule has 0 aliphatic rings. The van der Waals surface area contributed by atoms with Crippen molar-refractivity contribution in [2.45, 2.75) is 11.4 Å². The van der Waals surface area contributed by atoms with Crippen LogP contribution in [0.25, 0.3) is 10.8 Å². The highest BCUT2D eigenvalue weighted by molar-refractivity contribution is 7.89. The van der Waals surface area contributed by atoms with E-state index in [-0.39, 0.29) is 10.8 Å². The van der Waals surface area contributed by atoms with Crippen LogP contribution in [0.3, 0.4) is 0 Å². The van der Waals surface area contributed by atoms with E-state index in [1.807, 2.05) is 36.4 Å². The van der Waals surface area contributed by atoms with Crippen molar-refractivity contribution in [3.63, 3.8) is 0 Å². The summed E-state index contributed by atoms with van der Waals surface area (Å²) in [7, 11) is 2.18. The topological polar surface area (TPSA) is 76.2 Å². The van der Waals surface area contributed by atoms with Crippen LogP contribution in [0.5, 0.6) is 5.75 Å². The number of methoxy groups -OCH3 is 1. The van der Waals surface area contributed by atoms with Gasteiger partial charge in [0.2, 0.25) is 0 Å². The lowest BCUT2D eigenvalue weighted by molar-refractivity contribution is -0.0258. The summed E-state index contributed by atoms with van der Waals surface area (Å²) in [6.07, 6.45) is 0. The Hall–Kier alpha value is -2.94. The van der Waals surface area contributed by atoms with Crippen molar-refractivity contribution in [1.82, 2.24) is 9.37 Å². The van der Waals surface area contributed by atoms with E-state index in [4.69, 9.17) is 9.57 Å². The second-order valence-corrected chi connectivity index (χ2v) is 8.77. The summed E-state index contributed by atoms with van der Waals surface area (Å²) >= 11 is 0. The highest BCUT2D eigenvalue weighted by atomic mass is 32.2. The second kappa shape index (κ2) is 8.83. The third kappa shape index (κ3) is 4.46. The number of nitrogens with zero attached hydrogens (tertiary/aromatic N) is 2. The van der Waals surface area contributed by atoms with Crippen LogP contribution in [0.15, 0.2) is 65.6 Å². The predicted octanol–water partition coefficient (Wildman–Crippen LogP) is 3.30. The van der Waals surface area contributed by atoms with Gasteiger partial charge in [0, 0.05) is 26.2 Å². The molecule has 0 N–H and O–H groups in total. The average Bonchev–Trinajstić information content (AvgIpc) is 2.77. The van der Waals surface area contributed by atoms with Gasteiger partial charge in [-0.3, -0.25) is 9.63 Å². The molecule has 0 bridgehead atoms. The highest BCUT2D eigenvalue weighted by Gasteiger charge is 2.21. The van der Waals surface area contributed by atoms with Crippen molar-refractivity contribution in [2.24, 2.45) is 0 Å². The molecule has 3 aromatic carbocycles. The monoisotopic (exact) mass is 428 g/mol. The van der Waals surface area contributed by atoms with Crippen LogP contribution in [-0.2, 0) is 21.4 Å². The Labute approximate surface area is 176 Å². The van der Waals surface area contributed by atoms with Gasteiger partial charge in [0.15, 0.2) is 0 Å². The number of amides is 1. The molecule has 30 heavy (non-hydrogen) atoms. The summed E-state index contributed by atoms with van der Waals surface area (Å²) in [5.41, 5.74) is 1.39. The molecule has 158 valence electrons. The summed E-state index contributed by atoms with van der Waals surface area (Å²) < 4.78 is 30.5. The predicted molar refractivity (Wildman–Crippen MR) is 115 cm³/mol. The average molecular weight is 429 g/mol. The van der Waals surface area contributed by atoms with Crippen molar-refractivity contribution in [1.29, 1.82) is 0 Å². The minimum atomic E-state index is -3.75. The number of carbonyl (C=O) groups excluding carboxylic acids is 1. The summed E-state index contributed by atoms with van der Waals surface area (Å²) in [6.45, 7) is 0.424. The first-order valence-corrected chi connectivity index (χ1v) is 10.7. The summed E-state index contributed by atoms with van der Waals surface area (Å²) in [6, 6.07) is 17.7. The van der Waals surface area contributed by atoms with Gasteiger partial charge in [0.25, 0.3) is 15.9 Å². The van der Waals surface area contributed by atoms with Crippen LogP contribution in [0, 0.1) is 0 Å². The first kappa shape index (κ1) is 21.8. The Bertz CT molecular complexity index is 1160. The minimum absolute atomic E-state index is 0.0519. The van der Waals surface area contributed by atoms with Crippen LogP contribution >= 0.6 is 0 Å². The molecule has 0 aliphatic heterocycles. The molecule has 0 aliphatic carbocycles. The molecule has 0 saturated carbocycles. The molecule has 0 spiro atoms.